The Labute approximate surface area is 113 Å². The van der Waals surface area contributed by atoms with Gasteiger partial charge in [0.05, 0.1) is 24.9 Å². The Kier molecular flexibility index (Phi) is 4.92. The summed E-state index contributed by atoms with van der Waals surface area (Å²) in [6, 6.07) is 7.87. The molecule has 1 saturated heterocycles. The van der Waals surface area contributed by atoms with Crippen LogP contribution in [-0.4, -0.2) is 30.3 Å². The molecule has 0 amide bonds. The third-order valence-corrected chi connectivity index (χ3v) is 3.90. The van der Waals surface area contributed by atoms with Crippen LogP contribution in [0.5, 0.6) is 5.75 Å². The number of nitrogens with two attached hydrogens (primary N) is 1. The monoisotopic (exact) mass is 267 g/mol. The number of thioether (sulfide) groups is 1. The Hall–Kier alpha value is -0.710. The number of para-hydroxylation sites is 1. The summed E-state index contributed by atoms with van der Waals surface area (Å²) >= 11 is 1.90. The molecule has 1 aromatic rings. The van der Waals surface area contributed by atoms with Crippen molar-refractivity contribution in [3.8, 4) is 5.75 Å². The average molecular weight is 267 g/mol. The van der Waals surface area contributed by atoms with Crippen molar-refractivity contribution in [1.82, 2.24) is 0 Å². The van der Waals surface area contributed by atoms with Crippen LogP contribution in [0.15, 0.2) is 24.3 Å². The lowest BCUT2D eigenvalue weighted by atomic mass is 10.0. The van der Waals surface area contributed by atoms with Gasteiger partial charge in [-0.15, -0.1) is 0 Å². The summed E-state index contributed by atoms with van der Waals surface area (Å²) in [7, 11) is 0. The second kappa shape index (κ2) is 6.45. The summed E-state index contributed by atoms with van der Waals surface area (Å²) in [5.41, 5.74) is 7.37. The summed E-state index contributed by atoms with van der Waals surface area (Å²) in [5.74, 6) is 2.89. The van der Waals surface area contributed by atoms with Crippen LogP contribution >= 0.6 is 11.8 Å². The maximum Gasteiger partial charge on any atom is 0.124 e. The normalized spacial score (nSPS) is 21.9. The molecule has 2 atom stereocenters. The minimum absolute atomic E-state index is 0.0839. The van der Waals surface area contributed by atoms with E-state index in [4.69, 9.17) is 15.2 Å². The van der Waals surface area contributed by atoms with Gasteiger partial charge in [-0.2, -0.15) is 11.8 Å². The van der Waals surface area contributed by atoms with Crippen LogP contribution in [0.3, 0.4) is 0 Å². The van der Waals surface area contributed by atoms with Gasteiger partial charge >= 0.3 is 0 Å². The molecule has 1 fully saturated rings. The van der Waals surface area contributed by atoms with E-state index in [1.165, 1.54) is 0 Å². The fraction of sp³-hybridized carbons (Fsp3) is 0.571. The number of rotatable bonds is 4. The van der Waals surface area contributed by atoms with Gasteiger partial charge in [0.1, 0.15) is 5.75 Å². The highest BCUT2D eigenvalue weighted by Crippen LogP contribution is 2.30. The largest absolute Gasteiger partial charge is 0.491 e. The minimum Gasteiger partial charge on any atom is -0.491 e. The minimum atomic E-state index is -0.118. The van der Waals surface area contributed by atoms with Gasteiger partial charge in [-0.05, 0) is 19.9 Å². The first kappa shape index (κ1) is 13.7. The Morgan fingerprint density at radius 2 is 2.17 bits per heavy atom. The molecule has 4 heteroatoms. The maximum absolute atomic E-state index is 6.33. The van der Waals surface area contributed by atoms with Crippen molar-refractivity contribution < 1.29 is 9.47 Å². The molecule has 1 aromatic carbocycles. The van der Waals surface area contributed by atoms with Crippen molar-refractivity contribution in [2.24, 2.45) is 5.73 Å². The topological polar surface area (TPSA) is 44.5 Å². The van der Waals surface area contributed by atoms with E-state index in [1.54, 1.807) is 0 Å². The molecule has 0 radical (unpaired) electrons. The van der Waals surface area contributed by atoms with Crippen LogP contribution in [0.25, 0.3) is 0 Å². The van der Waals surface area contributed by atoms with E-state index in [0.717, 1.165) is 29.4 Å². The third kappa shape index (κ3) is 3.40. The first-order chi connectivity index (χ1) is 8.68. The fourth-order valence-corrected chi connectivity index (χ4v) is 2.95. The van der Waals surface area contributed by atoms with Crippen molar-refractivity contribution >= 4 is 11.8 Å². The second-order valence-corrected chi connectivity index (χ2v) is 5.86. The molecule has 2 rings (SSSR count). The van der Waals surface area contributed by atoms with Crippen molar-refractivity contribution in [1.29, 1.82) is 0 Å². The molecule has 100 valence electrons. The molecule has 0 saturated carbocycles. The third-order valence-electron chi connectivity index (χ3n) is 2.88. The standard InChI is InChI=1S/C14H21NO2S/c1-10(2)17-12-6-4-3-5-11(12)14(15)13-9-18-8-7-16-13/h3-6,10,13-14H,7-9,15H2,1-2H3. The molecule has 0 bridgehead atoms. The lowest BCUT2D eigenvalue weighted by Crippen LogP contribution is -2.35. The molecule has 3 nitrogen and oxygen atoms in total. The highest BCUT2D eigenvalue weighted by molar-refractivity contribution is 7.99. The van der Waals surface area contributed by atoms with Gasteiger partial charge in [0.2, 0.25) is 0 Å². The molecular weight excluding hydrogens is 246 g/mol. The number of benzene rings is 1. The van der Waals surface area contributed by atoms with Gasteiger partial charge in [-0.1, -0.05) is 18.2 Å². The van der Waals surface area contributed by atoms with Gasteiger partial charge in [0.25, 0.3) is 0 Å². The van der Waals surface area contributed by atoms with E-state index < -0.39 is 0 Å². The summed E-state index contributed by atoms with van der Waals surface area (Å²) < 4.78 is 11.6. The smallest absolute Gasteiger partial charge is 0.124 e. The van der Waals surface area contributed by atoms with Gasteiger partial charge < -0.3 is 15.2 Å². The fourth-order valence-electron chi connectivity index (χ4n) is 2.03. The van der Waals surface area contributed by atoms with Gasteiger partial charge in [-0.3, -0.25) is 0 Å². The lowest BCUT2D eigenvalue weighted by molar-refractivity contribution is 0.0559. The Bertz CT molecular complexity index is 378. The zero-order valence-electron chi connectivity index (χ0n) is 11.0. The Balaban J connectivity index is 2.15. The highest BCUT2D eigenvalue weighted by Gasteiger charge is 2.25. The summed E-state index contributed by atoms with van der Waals surface area (Å²) in [6.07, 6.45) is 0.237. The quantitative estimate of drug-likeness (QED) is 0.910. The van der Waals surface area contributed by atoms with E-state index in [9.17, 15) is 0 Å². The molecule has 2 unspecified atom stereocenters. The van der Waals surface area contributed by atoms with Crippen molar-refractivity contribution in [2.75, 3.05) is 18.1 Å². The second-order valence-electron chi connectivity index (χ2n) is 4.71. The first-order valence-electron chi connectivity index (χ1n) is 6.39. The number of hydrogen-bond donors (Lipinski definition) is 1. The SMILES string of the molecule is CC(C)Oc1ccccc1C(N)C1CSCCO1. The molecule has 1 heterocycles. The van der Waals surface area contributed by atoms with Crippen molar-refractivity contribution in [3.63, 3.8) is 0 Å². The van der Waals surface area contributed by atoms with E-state index in [0.29, 0.717) is 0 Å². The molecule has 2 N–H and O–H groups in total. The summed E-state index contributed by atoms with van der Waals surface area (Å²) in [4.78, 5) is 0. The van der Waals surface area contributed by atoms with Crippen molar-refractivity contribution in [3.05, 3.63) is 29.8 Å². The summed E-state index contributed by atoms with van der Waals surface area (Å²) in [5, 5.41) is 0. The van der Waals surface area contributed by atoms with Crippen LogP contribution < -0.4 is 10.5 Å². The van der Waals surface area contributed by atoms with Crippen LogP contribution in [0.4, 0.5) is 0 Å². The molecular formula is C14H21NO2S. The molecule has 0 aromatic heterocycles. The van der Waals surface area contributed by atoms with Gasteiger partial charge in [0.15, 0.2) is 0 Å². The zero-order valence-corrected chi connectivity index (χ0v) is 11.8. The summed E-state index contributed by atoms with van der Waals surface area (Å²) in [6.45, 7) is 4.83. The Morgan fingerprint density at radius 3 is 2.83 bits per heavy atom. The Morgan fingerprint density at radius 1 is 1.39 bits per heavy atom. The van der Waals surface area contributed by atoms with Crippen LogP contribution in [0, 0.1) is 0 Å². The molecule has 18 heavy (non-hydrogen) atoms. The molecule has 1 aliphatic heterocycles. The average Bonchev–Trinajstić information content (AvgIpc) is 2.39. The predicted octanol–water partition coefficient (Wildman–Crippen LogP) is 2.61. The van der Waals surface area contributed by atoms with Crippen LogP contribution in [0.1, 0.15) is 25.5 Å². The molecule has 1 aliphatic rings. The van der Waals surface area contributed by atoms with Gasteiger partial charge in [0, 0.05) is 17.1 Å². The van der Waals surface area contributed by atoms with E-state index >= 15 is 0 Å². The number of ether oxygens (including phenoxy) is 2. The zero-order chi connectivity index (χ0) is 13.0. The van der Waals surface area contributed by atoms with E-state index in [-0.39, 0.29) is 18.2 Å². The van der Waals surface area contributed by atoms with Crippen LogP contribution in [-0.2, 0) is 4.74 Å². The van der Waals surface area contributed by atoms with Crippen molar-refractivity contribution in [2.45, 2.75) is 32.1 Å². The highest BCUT2D eigenvalue weighted by atomic mass is 32.2. The van der Waals surface area contributed by atoms with E-state index in [2.05, 4.69) is 0 Å². The van der Waals surface area contributed by atoms with Gasteiger partial charge in [-0.25, -0.2) is 0 Å². The first-order valence-corrected chi connectivity index (χ1v) is 7.54. The van der Waals surface area contributed by atoms with Crippen LogP contribution in [0.2, 0.25) is 0 Å². The molecule has 0 aliphatic carbocycles. The maximum atomic E-state index is 6.33. The molecule has 0 spiro atoms. The van der Waals surface area contributed by atoms with E-state index in [1.807, 2.05) is 49.9 Å². The lowest BCUT2D eigenvalue weighted by Gasteiger charge is -2.29. The predicted molar refractivity (Wildman–Crippen MR) is 76.2 cm³/mol. The number of hydrogen-bond acceptors (Lipinski definition) is 4.